The molecular weight excluding hydrogens is 254 g/mol. The third-order valence-corrected chi connectivity index (χ3v) is 3.51. The fourth-order valence-electron chi connectivity index (χ4n) is 2.17. The van der Waals surface area contributed by atoms with Crippen molar-refractivity contribution < 1.29 is 14.3 Å². The van der Waals surface area contributed by atoms with Gasteiger partial charge in [0.05, 0.1) is 13.2 Å². The SMILES string of the molecule is O=C([C@@H]1O[C@H]1c1ccc(Cl)cc1)N1CCOCC1. The molecular formula is C13H14ClNO3. The number of amides is 1. The minimum absolute atomic E-state index is 0.0678. The second-order valence-electron chi connectivity index (χ2n) is 4.47. The van der Waals surface area contributed by atoms with Gasteiger partial charge in [-0.15, -0.1) is 0 Å². The van der Waals surface area contributed by atoms with Crippen LogP contribution in [0.4, 0.5) is 0 Å². The van der Waals surface area contributed by atoms with E-state index in [1.54, 1.807) is 0 Å². The molecule has 0 radical (unpaired) electrons. The summed E-state index contributed by atoms with van der Waals surface area (Å²) in [4.78, 5) is 13.9. The van der Waals surface area contributed by atoms with E-state index < -0.39 is 0 Å². The molecule has 0 bridgehead atoms. The number of ether oxygens (including phenoxy) is 2. The molecule has 4 nitrogen and oxygen atoms in total. The second kappa shape index (κ2) is 4.88. The molecule has 2 saturated heterocycles. The molecule has 1 aromatic rings. The van der Waals surface area contributed by atoms with Gasteiger partial charge in [-0.05, 0) is 17.7 Å². The Morgan fingerprint density at radius 3 is 2.56 bits per heavy atom. The lowest BCUT2D eigenvalue weighted by atomic mass is 10.1. The average molecular weight is 268 g/mol. The summed E-state index contributed by atoms with van der Waals surface area (Å²) in [5, 5.41) is 0.690. The van der Waals surface area contributed by atoms with Crippen LogP contribution in [0.5, 0.6) is 0 Å². The monoisotopic (exact) mass is 267 g/mol. The first-order chi connectivity index (χ1) is 8.75. The van der Waals surface area contributed by atoms with Gasteiger partial charge in [0.15, 0.2) is 6.10 Å². The van der Waals surface area contributed by atoms with Gasteiger partial charge >= 0.3 is 0 Å². The summed E-state index contributed by atoms with van der Waals surface area (Å²) in [6, 6.07) is 7.43. The molecule has 0 N–H and O–H groups in total. The van der Waals surface area contributed by atoms with Crippen LogP contribution in [0.1, 0.15) is 11.7 Å². The van der Waals surface area contributed by atoms with Crippen LogP contribution in [0.3, 0.4) is 0 Å². The summed E-state index contributed by atoms with van der Waals surface area (Å²) in [6.07, 6.45) is -0.443. The second-order valence-corrected chi connectivity index (χ2v) is 4.90. The summed E-state index contributed by atoms with van der Waals surface area (Å²) < 4.78 is 10.7. The first-order valence-corrected chi connectivity index (χ1v) is 6.41. The van der Waals surface area contributed by atoms with Crippen LogP contribution in [-0.2, 0) is 14.3 Å². The van der Waals surface area contributed by atoms with E-state index in [1.165, 1.54) is 0 Å². The van der Waals surface area contributed by atoms with Crippen molar-refractivity contribution in [3.8, 4) is 0 Å². The first-order valence-electron chi connectivity index (χ1n) is 6.03. The van der Waals surface area contributed by atoms with Gasteiger partial charge in [0.25, 0.3) is 5.91 Å². The van der Waals surface area contributed by atoms with E-state index >= 15 is 0 Å². The molecule has 0 saturated carbocycles. The van der Waals surface area contributed by atoms with Gasteiger partial charge in [0.1, 0.15) is 6.10 Å². The first kappa shape index (κ1) is 12.0. The van der Waals surface area contributed by atoms with Crippen LogP contribution in [0.25, 0.3) is 0 Å². The molecule has 5 heteroatoms. The maximum absolute atomic E-state index is 12.1. The molecule has 0 aliphatic carbocycles. The van der Waals surface area contributed by atoms with Gasteiger partial charge in [-0.1, -0.05) is 23.7 Å². The lowest BCUT2D eigenvalue weighted by molar-refractivity contribution is -0.136. The number of nitrogens with zero attached hydrogens (tertiary/aromatic N) is 1. The largest absolute Gasteiger partial charge is 0.378 e. The van der Waals surface area contributed by atoms with Crippen LogP contribution in [0.15, 0.2) is 24.3 Å². The number of morpholine rings is 1. The van der Waals surface area contributed by atoms with Gasteiger partial charge in [-0.2, -0.15) is 0 Å². The highest BCUT2D eigenvalue weighted by molar-refractivity contribution is 6.30. The fraction of sp³-hybridized carbons (Fsp3) is 0.462. The van der Waals surface area contributed by atoms with Gasteiger partial charge in [-0.3, -0.25) is 4.79 Å². The molecule has 1 amide bonds. The Hall–Kier alpha value is -1.10. The van der Waals surface area contributed by atoms with E-state index in [2.05, 4.69) is 0 Å². The minimum atomic E-state index is -0.329. The zero-order valence-corrected chi connectivity index (χ0v) is 10.6. The Morgan fingerprint density at radius 2 is 1.89 bits per heavy atom. The molecule has 0 aromatic heterocycles. The van der Waals surface area contributed by atoms with Crippen molar-refractivity contribution >= 4 is 17.5 Å². The lowest BCUT2D eigenvalue weighted by Gasteiger charge is -2.26. The number of hydrogen-bond acceptors (Lipinski definition) is 3. The average Bonchev–Trinajstić information content (AvgIpc) is 3.20. The number of halogens is 1. The van der Waals surface area contributed by atoms with Crippen molar-refractivity contribution in [2.24, 2.45) is 0 Å². The quantitative estimate of drug-likeness (QED) is 0.765. The number of carbonyl (C=O) groups excluding carboxylic acids is 1. The topological polar surface area (TPSA) is 42.1 Å². The number of carbonyl (C=O) groups is 1. The van der Waals surface area contributed by atoms with E-state index in [-0.39, 0.29) is 18.1 Å². The van der Waals surface area contributed by atoms with Crippen molar-refractivity contribution in [3.63, 3.8) is 0 Å². The molecule has 18 heavy (non-hydrogen) atoms. The van der Waals surface area contributed by atoms with Crippen molar-refractivity contribution in [2.75, 3.05) is 26.3 Å². The molecule has 2 aliphatic heterocycles. The summed E-state index contributed by atoms with van der Waals surface area (Å²) in [5.74, 6) is 0.0678. The maximum Gasteiger partial charge on any atom is 0.254 e. The normalized spacial score (nSPS) is 27.1. The number of rotatable bonds is 2. The fourth-order valence-corrected chi connectivity index (χ4v) is 2.30. The molecule has 2 aliphatic rings. The Kier molecular flexibility index (Phi) is 3.24. The van der Waals surface area contributed by atoms with E-state index in [1.807, 2.05) is 29.2 Å². The Balaban J connectivity index is 1.63. The highest BCUT2D eigenvalue weighted by Crippen LogP contribution is 2.40. The molecule has 2 heterocycles. The highest BCUT2D eigenvalue weighted by atomic mass is 35.5. The van der Waals surface area contributed by atoms with Crippen molar-refractivity contribution in [2.45, 2.75) is 12.2 Å². The Morgan fingerprint density at radius 1 is 1.22 bits per heavy atom. The van der Waals surface area contributed by atoms with Crippen molar-refractivity contribution in [1.82, 2.24) is 4.90 Å². The predicted molar refractivity (Wildman–Crippen MR) is 66.5 cm³/mol. The van der Waals surface area contributed by atoms with Crippen LogP contribution < -0.4 is 0 Å². The van der Waals surface area contributed by atoms with Gasteiger partial charge in [0, 0.05) is 18.1 Å². The van der Waals surface area contributed by atoms with E-state index in [4.69, 9.17) is 21.1 Å². The van der Waals surface area contributed by atoms with Crippen LogP contribution in [0, 0.1) is 0 Å². The maximum atomic E-state index is 12.1. The van der Waals surface area contributed by atoms with Gasteiger partial charge < -0.3 is 14.4 Å². The third-order valence-electron chi connectivity index (χ3n) is 3.26. The Labute approximate surface area is 110 Å². The smallest absolute Gasteiger partial charge is 0.254 e. The molecule has 96 valence electrons. The summed E-state index contributed by atoms with van der Waals surface area (Å²) in [6.45, 7) is 2.55. The zero-order chi connectivity index (χ0) is 12.5. The molecule has 1 aromatic carbocycles. The zero-order valence-electron chi connectivity index (χ0n) is 9.84. The summed E-state index contributed by atoms with van der Waals surface area (Å²) in [7, 11) is 0. The number of benzene rings is 1. The van der Waals surface area contributed by atoms with Crippen LogP contribution in [-0.4, -0.2) is 43.2 Å². The van der Waals surface area contributed by atoms with Crippen molar-refractivity contribution in [3.05, 3.63) is 34.9 Å². The predicted octanol–water partition coefficient (Wildman–Crippen LogP) is 1.64. The molecule has 0 spiro atoms. The van der Waals surface area contributed by atoms with Gasteiger partial charge in [-0.25, -0.2) is 0 Å². The standard InChI is InChI=1S/C13H14ClNO3/c14-10-3-1-9(2-4-10)11-12(18-11)13(16)15-5-7-17-8-6-15/h1-4,11-12H,5-8H2/t11-,12+/m0/s1. The summed E-state index contributed by atoms with van der Waals surface area (Å²) in [5.41, 5.74) is 1.01. The minimum Gasteiger partial charge on any atom is -0.378 e. The third kappa shape index (κ3) is 2.36. The molecule has 2 atom stereocenters. The molecule has 2 fully saturated rings. The highest BCUT2D eigenvalue weighted by Gasteiger charge is 2.47. The lowest BCUT2D eigenvalue weighted by Crippen LogP contribution is -2.42. The number of epoxide rings is 1. The summed E-state index contributed by atoms with van der Waals surface area (Å²) >= 11 is 5.83. The van der Waals surface area contributed by atoms with E-state index in [0.29, 0.717) is 31.3 Å². The molecule has 0 unspecified atom stereocenters. The Bertz CT molecular complexity index is 442. The van der Waals surface area contributed by atoms with Crippen LogP contribution in [0.2, 0.25) is 5.02 Å². The number of hydrogen-bond donors (Lipinski definition) is 0. The van der Waals surface area contributed by atoms with E-state index in [0.717, 1.165) is 5.56 Å². The van der Waals surface area contributed by atoms with Crippen LogP contribution >= 0.6 is 11.6 Å². The molecule has 3 rings (SSSR count). The van der Waals surface area contributed by atoms with Gasteiger partial charge in [0.2, 0.25) is 0 Å². The van der Waals surface area contributed by atoms with Crippen molar-refractivity contribution in [1.29, 1.82) is 0 Å². The van der Waals surface area contributed by atoms with E-state index in [9.17, 15) is 4.79 Å².